The van der Waals surface area contributed by atoms with Gasteiger partial charge in [-0.2, -0.15) is 4.98 Å². The number of nitrogen functional groups attached to an aromatic ring is 2. The molecule has 2 aromatic heterocycles. The maximum absolute atomic E-state index is 5.74. The van der Waals surface area contributed by atoms with Gasteiger partial charge >= 0.3 is 0 Å². The Morgan fingerprint density at radius 2 is 1.95 bits per heavy atom. The number of nitrogens with zero attached hydrogens (tertiary/aromatic N) is 3. The summed E-state index contributed by atoms with van der Waals surface area (Å²) in [4.78, 5) is 12.1. The molecule has 0 aromatic carbocycles. The second kappa shape index (κ2) is 6.18. The van der Waals surface area contributed by atoms with E-state index < -0.39 is 0 Å². The molecule has 4 N–H and O–H groups in total. The number of aromatic nitrogens is 3. The number of pyridine rings is 1. The van der Waals surface area contributed by atoms with Gasteiger partial charge in [0.05, 0.1) is 11.9 Å². The van der Waals surface area contributed by atoms with E-state index in [-0.39, 0.29) is 11.8 Å². The van der Waals surface area contributed by atoms with E-state index in [9.17, 15) is 0 Å². The Hall–Kier alpha value is -2.37. The maximum atomic E-state index is 5.74. The molecule has 0 bridgehead atoms. The van der Waals surface area contributed by atoms with Gasteiger partial charge < -0.3 is 16.2 Å². The fourth-order valence-electron chi connectivity index (χ4n) is 2.12. The standard InChI is InChI=1S/C14H19N5O/c1-3-9-5-6-17-11(10(9)4-2)8-20-12-7-18-14(16)19-13(12)15/h5-7H,3-4,8H2,1-2H3,(H4,15,16,18,19). The second-order valence-electron chi connectivity index (χ2n) is 4.37. The van der Waals surface area contributed by atoms with Crippen LogP contribution in [0.5, 0.6) is 5.75 Å². The van der Waals surface area contributed by atoms with Crippen LogP contribution in [0.25, 0.3) is 0 Å². The van der Waals surface area contributed by atoms with Crippen molar-refractivity contribution in [1.82, 2.24) is 15.0 Å². The highest BCUT2D eigenvalue weighted by molar-refractivity contribution is 5.46. The van der Waals surface area contributed by atoms with Crippen molar-refractivity contribution in [2.75, 3.05) is 11.5 Å². The van der Waals surface area contributed by atoms with E-state index in [2.05, 4.69) is 28.8 Å². The molecular weight excluding hydrogens is 254 g/mol. The quantitative estimate of drug-likeness (QED) is 0.860. The van der Waals surface area contributed by atoms with Gasteiger partial charge in [-0.05, 0) is 30.0 Å². The SMILES string of the molecule is CCc1ccnc(COc2cnc(N)nc2N)c1CC. The lowest BCUT2D eigenvalue weighted by atomic mass is 10.0. The number of aryl methyl sites for hydroxylation is 1. The van der Waals surface area contributed by atoms with Crippen LogP contribution in [0.4, 0.5) is 11.8 Å². The third-order valence-corrected chi connectivity index (χ3v) is 3.14. The molecular formula is C14H19N5O. The molecule has 0 amide bonds. The lowest BCUT2D eigenvalue weighted by molar-refractivity contribution is 0.299. The summed E-state index contributed by atoms with van der Waals surface area (Å²) in [6.45, 7) is 4.58. The van der Waals surface area contributed by atoms with Crippen LogP contribution in [0.2, 0.25) is 0 Å². The van der Waals surface area contributed by atoms with Crippen molar-refractivity contribution in [2.24, 2.45) is 0 Å². The number of rotatable bonds is 5. The summed E-state index contributed by atoms with van der Waals surface area (Å²) in [5, 5.41) is 0. The molecule has 2 heterocycles. The van der Waals surface area contributed by atoms with E-state index in [1.54, 1.807) is 6.20 Å². The number of ether oxygens (including phenoxy) is 1. The van der Waals surface area contributed by atoms with Crippen LogP contribution in [-0.4, -0.2) is 15.0 Å². The van der Waals surface area contributed by atoms with Crippen LogP contribution in [0, 0.1) is 0 Å². The van der Waals surface area contributed by atoms with Gasteiger partial charge in [-0.1, -0.05) is 13.8 Å². The third-order valence-electron chi connectivity index (χ3n) is 3.14. The maximum Gasteiger partial charge on any atom is 0.222 e. The predicted octanol–water partition coefficient (Wildman–Crippen LogP) is 1.74. The van der Waals surface area contributed by atoms with Crippen molar-refractivity contribution in [3.63, 3.8) is 0 Å². The summed E-state index contributed by atoms with van der Waals surface area (Å²) >= 11 is 0. The molecule has 106 valence electrons. The summed E-state index contributed by atoms with van der Waals surface area (Å²) in [6, 6.07) is 2.04. The predicted molar refractivity (Wildman–Crippen MR) is 78.2 cm³/mol. The summed E-state index contributed by atoms with van der Waals surface area (Å²) in [5.74, 6) is 0.794. The lowest BCUT2D eigenvalue weighted by Gasteiger charge is -2.13. The number of hydrogen-bond donors (Lipinski definition) is 2. The zero-order valence-corrected chi connectivity index (χ0v) is 11.8. The molecule has 0 aliphatic rings. The molecule has 0 fully saturated rings. The molecule has 0 spiro atoms. The number of nitrogens with two attached hydrogens (primary N) is 2. The average Bonchev–Trinajstić information content (AvgIpc) is 2.45. The van der Waals surface area contributed by atoms with Crippen molar-refractivity contribution < 1.29 is 4.74 Å². The minimum atomic E-state index is 0.134. The van der Waals surface area contributed by atoms with Crippen LogP contribution in [0.15, 0.2) is 18.5 Å². The first-order valence-corrected chi connectivity index (χ1v) is 6.62. The monoisotopic (exact) mass is 273 g/mol. The second-order valence-corrected chi connectivity index (χ2v) is 4.37. The summed E-state index contributed by atoms with van der Waals surface area (Å²) in [5.41, 5.74) is 14.6. The van der Waals surface area contributed by atoms with Crippen LogP contribution in [0.1, 0.15) is 30.7 Å². The van der Waals surface area contributed by atoms with E-state index in [1.165, 1.54) is 17.3 Å². The van der Waals surface area contributed by atoms with Gasteiger partial charge in [0.15, 0.2) is 11.6 Å². The first kappa shape index (κ1) is 14.0. The molecule has 6 nitrogen and oxygen atoms in total. The Morgan fingerprint density at radius 1 is 1.15 bits per heavy atom. The molecule has 0 radical (unpaired) electrons. The smallest absolute Gasteiger partial charge is 0.222 e. The minimum absolute atomic E-state index is 0.134. The Kier molecular flexibility index (Phi) is 4.34. The minimum Gasteiger partial charge on any atom is -0.482 e. The molecule has 0 aliphatic heterocycles. The first-order chi connectivity index (χ1) is 9.65. The van der Waals surface area contributed by atoms with E-state index in [4.69, 9.17) is 16.2 Å². The molecule has 2 aromatic rings. The topological polar surface area (TPSA) is 99.9 Å². The normalized spacial score (nSPS) is 10.5. The van der Waals surface area contributed by atoms with Gasteiger partial charge in [0, 0.05) is 6.20 Å². The largest absolute Gasteiger partial charge is 0.482 e. The molecule has 0 atom stereocenters. The van der Waals surface area contributed by atoms with Crippen LogP contribution in [-0.2, 0) is 19.4 Å². The van der Waals surface area contributed by atoms with E-state index >= 15 is 0 Å². The van der Waals surface area contributed by atoms with Gasteiger partial charge in [-0.3, -0.25) is 4.98 Å². The van der Waals surface area contributed by atoms with E-state index in [1.807, 2.05) is 6.07 Å². The van der Waals surface area contributed by atoms with E-state index in [0.29, 0.717) is 12.4 Å². The molecule has 0 aliphatic carbocycles. The molecule has 0 unspecified atom stereocenters. The van der Waals surface area contributed by atoms with Gasteiger partial charge in [0.2, 0.25) is 5.95 Å². The fourth-order valence-corrected chi connectivity index (χ4v) is 2.12. The van der Waals surface area contributed by atoms with Crippen molar-refractivity contribution in [3.05, 3.63) is 35.3 Å². The van der Waals surface area contributed by atoms with Crippen LogP contribution >= 0.6 is 0 Å². The Balaban J connectivity index is 2.18. The molecule has 20 heavy (non-hydrogen) atoms. The van der Waals surface area contributed by atoms with Gasteiger partial charge in [0.25, 0.3) is 0 Å². The van der Waals surface area contributed by atoms with Crippen molar-refractivity contribution in [3.8, 4) is 5.75 Å². The molecule has 6 heteroatoms. The first-order valence-electron chi connectivity index (χ1n) is 6.62. The molecule has 2 rings (SSSR count). The highest BCUT2D eigenvalue weighted by Crippen LogP contribution is 2.21. The summed E-state index contributed by atoms with van der Waals surface area (Å²) in [7, 11) is 0. The highest BCUT2D eigenvalue weighted by Gasteiger charge is 2.09. The van der Waals surface area contributed by atoms with Crippen molar-refractivity contribution in [1.29, 1.82) is 0 Å². The third kappa shape index (κ3) is 2.96. The van der Waals surface area contributed by atoms with Gasteiger partial charge in [0.1, 0.15) is 6.61 Å². The molecule has 0 saturated heterocycles. The number of hydrogen-bond acceptors (Lipinski definition) is 6. The van der Waals surface area contributed by atoms with Gasteiger partial charge in [-0.25, -0.2) is 4.98 Å². The Morgan fingerprint density at radius 3 is 2.60 bits per heavy atom. The van der Waals surface area contributed by atoms with E-state index in [0.717, 1.165) is 18.5 Å². The van der Waals surface area contributed by atoms with Crippen LogP contribution in [0.3, 0.4) is 0 Å². The fraction of sp³-hybridized carbons (Fsp3) is 0.357. The Bertz CT molecular complexity index is 600. The zero-order chi connectivity index (χ0) is 14.5. The lowest BCUT2D eigenvalue weighted by Crippen LogP contribution is -2.08. The van der Waals surface area contributed by atoms with Gasteiger partial charge in [-0.15, -0.1) is 0 Å². The van der Waals surface area contributed by atoms with Crippen molar-refractivity contribution >= 4 is 11.8 Å². The number of anilines is 2. The highest BCUT2D eigenvalue weighted by atomic mass is 16.5. The Labute approximate surface area is 118 Å². The summed E-state index contributed by atoms with van der Waals surface area (Å²) in [6.07, 6.45) is 5.18. The molecule has 0 saturated carbocycles. The summed E-state index contributed by atoms with van der Waals surface area (Å²) < 4.78 is 5.65. The average molecular weight is 273 g/mol. The van der Waals surface area contributed by atoms with Crippen LogP contribution < -0.4 is 16.2 Å². The zero-order valence-electron chi connectivity index (χ0n) is 11.8. The van der Waals surface area contributed by atoms with Crippen molar-refractivity contribution in [2.45, 2.75) is 33.3 Å².